The minimum Gasteiger partial charge on any atom is -0.319 e. The summed E-state index contributed by atoms with van der Waals surface area (Å²) in [5.41, 5.74) is 0. The van der Waals surface area contributed by atoms with E-state index < -0.39 is 0 Å². The molecule has 0 aromatic heterocycles. The third-order valence-corrected chi connectivity index (χ3v) is 3.90. The molecule has 0 aromatic carbocycles. The molecule has 2 heteroatoms. The first-order valence-corrected chi connectivity index (χ1v) is 6.16. The van der Waals surface area contributed by atoms with Gasteiger partial charge in [-0.1, -0.05) is 6.92 Å². The summed E-state index contributed by atoms with van der Waals surface area (Å²) in [5, 5.41) is 3.29. The molecule has 0 aromatic rings. The minimum absolute atomic E-state index is 0.971. The number of rotatable bonds is 4. The molecule has 1 N–H and O–H groups in total. The standard InChI is InChI=1S/C12H24N2/c1-10-3-5-14(6-4-10)9-12-7-11(12)8-13-2/h10-13H,3-9H2,1-2H3/t11-,12+/m1/s1. The fraction of sp³-hybridized carbons (Fsp3) is 1.00. The highest BCUT2D eigenvalue weighted by Crippen LogP contribution is 2.38. The zero-order valence-corrected chi connectivity index (χ0v) is 9.63. The van der Waals surface area contributed by atoms with Crippen molar-refractivity contribution >= 4 is 0 Å². The average molecular weight is 196 g/mol. The zero-order chi connectivity index (χ0) is 9.97. The van der Waals surface area contributed by atoms with Crippen LogP contribution in [0.25, 0.3) is 0 Å². The van der Waals surface area contributed by atoms with Gasteiger partial charge < -0.3 is 10.2 Å². The molecule has 1 saturated heterocycles. The second-order valence-electron chi connectivity index (χ2n) is 5.30. The first kappa shape index (κ1) is 10.4. The summed E-state index contributed by atoms with van der Waals surface area (Å²) in [7, 11) is 2.07. The van der Waals surface area contributed by atoms with Gasteiger partial charge in [-0.25, -0.2) is 0 Å². The van der Waals surface area contributed by atoms with Gasteiger partial charge in [0.1, 0.15) is 0 Å². The van der Waals surface area contributed by atoms with Crippen LogP contribution in [-0.4, -0.2) is 38.1 Å². The van der Waals surface area contributed by atoms with Crippen molar-refractivity contribution in [2.75, 3.05) is 33.2 Å². The van der Waals surface area contributed by atoms with Crippen molar-refractivity contribution in [3.8, 4) is 0 Å². The highest BCUT2D eigenvalue weighted by Gasteiger charge is 2.37. The van der Waals surface area contributed by atoms with Crippen molar-refractivity contribution in [2.24, 2.45) is 17.8 Å². The van der Waals surface area contributed by atoms with Crippen LogP contribution in [-0.2, 0) is 0 Å². The predicted molar refractivity (Wildman–Crippen MR) is 60.4 cm³/mol. The van der Waals surface area contributed by atoms with Crippen molar-refractivity contribution in [1.29, 1.82) is 0 Å². The van der Waals surface area contributed by atoms with Crippen LogP contribution in [0.4, 0.5) is 0 Å². The summed E-state index contributed by atoms with van der Waals surface area (Å²) in [6.45, 7) is 7.69. The van der Waals surface area contributed by atoms with Gasteiger partial charge >= 0.3 is 0 Å². The molecule has 1 aliphatic heterocycles. The second kappa shape index (κ2) is 4.63. The Hall–Kier alpha value is -0.0800. The Balaban J connectivity index is 1.62. The van der Waals surface area contributed by atoms with Gasteiger partial charge in [0.25, 0.3) is 0 Å². The molecular formula is C12H24N2. The molecule has 0 unspecified atom stereocenters. The fourth-order valence-electron chi connectivity index (χ4n) is 2.62. The molecule has 2 atom stereocenters. The van der Waals surface area contributed by atoms with Gasteiger partial charge in [-0.15, -0.1) is 0 Å². The normalized spacial score (nSPS) is 34.7. The molecule has 1 heterocycles. The molecule has 82 valence electrons. The second-order valence-corrected chi connectivity index (χ2v) is 5.30. The lowest BCUT2D eigenvalue weighted by molar-refractivity contribution is 0.183. The number of piperidine rings is 1. The van der Waals surface area contributed by atoms with E-state index in [0.29, 0.717) is 0 Å². The van der Waals surface area contributed by atoms with E-state index in [1.165, 1.54) is 45.4 Å². The molecule has 0 bridgehead atoms. The molecule has 0 spiro atoms. The first-order valence-electron chi connectivity index (χ1n) is 6.16. The predicted octanol–water partition coefficient (Wildman–Crippen LogP) is 1.57. The van der Waals surface area contributed by atoms with Gasteiger partial charge in [-0.2, -0.15) is 0 Å². The van der Waals surface area contributed by atoms with Crippen molar-refractivity contribution in [3.05, 3.63) is 0 Å². The van der Waals surface area contributed by atoms with Crippen LogP contribution in [0.5, 0.6) is 0 Å². The first-order chi connectivity index (χ1) is 6.79. The van der Waals surface area contributed by atoms with Crippen molar-refractivity contribution in [2.45, 2.75) is 26.2 Å². The maximum Gasteiger partial charge on any atom is 0.00129 e. The number of hydrogen-bond acceptors (Lipinski definition) is 2. The Bertz CT molecular complexity index is 173. The fourth-order valence-corrected chi connectivity index (χ4v) is 2.62. The number of nitrogens with zero attached hydrogens (tertiary/aromatic N) is 1. The molecule has 0 amide bonds. The van der Waals surface area contributed by atoms with E-state index in [9.17, 15) is 0 Å². The topological polar surface area (TPSA) is 15.3 Å². The Morgan fingerprint density at radius 2 is 1.93 bits per heavy atom. The molecule has 0 radical (unpaired) electrons. The number of nitrogens with one attached hydrogen (secondary N) is 1. The molecule has 1 saturated carbocycles. The van der Waals surface area contributed by atoms with E-state index in [2.05, 4.69) is 24.2 Å². The van der Waals surface area contributed by atoms with Crippen LogP contribution >= 0.6 is 0 Å². The SMILES string of the molecule is CNC[C@H]1C[C@H]1CN1CCC(C)CC1. The number of likely N-dealkylation sites (tertiary alicyclic amines) is 1. The molecule has 2 aliphatic rings. The van der Waals surface area contributed by atoms with Crippen LogP contribution in [0, 0.1) is 17.8 Å². The van der Waals surface area contributed by atoms with E-state index in [-0.39, 0.29) is 0 Å². The highest BCUT2D eigenvalue weighted by atomic mass is 15.1. The van der Waals surface area contributed by atoms with Crippen molar-refractivity contribution in [1.82, 2.24) is 10.2 Å². The van der Waals surface area contributed by atoms with Crippen LogP contribution in [0.3, 0.4) is 0 Å². The quantitative estimate of drug-likeness (QED) is 0.734. The highest BCUT2D eigenvalue weighted by molar-refractivity contribution is 4.90. The van der Waals surface area contributed by atoms with Gasteiger partial charge in [-0.05, 0) is 63.7 Å². The van der Waals surface area contributed by atoms with E-state index >= 15 is 0 Å². The van der Waals surface area contributed by atoms with Crippen molar-refractivity contribution < 1.29 is 0 Å². The van der Waals surface area contributed by atoms with Gasteiger partial charge in [0.2, 0.25) is 0 Å². The number of hydrogen-bond donors (Lipinski definition) is 1. The molecule has 2 nitrogen and oxygen atoms in total. The molecular weight excluding hydrogens is 172 g/mol. The average Bonchev–Trinajstić information content (AvgIpc) is 2.89. The zero-order valence-electron chi connectivity index (χ0n) is 9.63. The summed E-state index contributed by atoms with van der Waals surface area (Å²) >= 11 is 0. The summed E-state index contributed by atoms with van der Waals surface area (Å²) < 4.78 is 0. The van der Waals surface area contributed by atoms with E-state index in [1.807, 2.05) is 0 Å². The maximum absolute atomic E-state index is 3.29. The van der Waals surface area contributed by atoms with Crippen LogP contribution in [0.15, 0.2) is 0 Å². The summed E-state index contributed by atoms with van der Waals surface area (Å²) in [6, 6.07) is 0. The Labute approximate surface area is 88.1 Å². The van der Waals surface area contributed by atoms with E-state index in [1.54, 1.807) is 0 Å². The van der Waals surface area contributed by atoms with Gasteiger partial charge in [0, 0.05) is 6.54 Å². The third-order valence-electron chi connectivity index (χ3n) is 3.90. The minimum atomic E-state index is 0.971. The summed E-state index contributed by atoms with van der Waals surface area (Å²) in [6.07, 6.45) is 4.31. The smallest absolute Gasteiger partial charge is 0.00129 e. The van der Waals surface area contributed by atoms with Gasteiger partial charge in [-0.3, -0.25) is 0 Å². The van der Waals surface area contributed by atoms with Crippen LogP contribution in [0.1, 0.15) is 26.2 Å². The largest absolute Gasteiger partial charge is 0.319 e. The van der Waals surface area contributed by atoms with E-state index in [4.69, 9.17) is 0 Å². The molecule has 1 aliphatic carbocycles. The molecule has 14 heavy (non-hydrogen) atoms. The summed E-state index contributed by atoms with van der Waals surface area (Å²) in [5.74, 6) is 2.97. The van der Waals surface area contributed by atoms with Crippen LogP contribution < -0.4 is 5.32 Å². The monoisotopic (exact) mass is 196 g/mol. The Morgan fingerprint density at radius 1 is 1.21 bits per heavy atom. The van der Waals surface area contributed by atoms with Gasteiger partial charge in [0.15, 0.2) is 0 Å². The molecule has 2 rings (SSSR count). The summed E-state index contributed by atoms with van der Waals surface area (Å²) in [4.78, 5) is 2.68. The lowest BCUT2D eigenvalue weighted by Crippen LogP contribution is -2.34. The lowest BCUT2D eigenvalue weighted by Gasteiger charge is -2.30. The van der Waals surface area contributed by atoms with Crippen LogP contribution in [0.2, 0.25) is 0 Å². The maximum atomic E-state index is 3.29. The lowest BCUT2D eigenvalue weighted by atomic mass is 9.99. The van der Waals surface area contributed by atoms with E-state index in [0.717, 1.165) is 17.8 Å². The van der Waals surface area contributed by atoms with Crippen molar-refractivity contribution in [3.63, 3.8) is 0 Å². The molecule has 2 fully saturated rings. The third kappa shape index (κ3) is 2.71. The Kier molecular flexibility index (Phi) is 3.45. The Morgan fingerprint density at radius 3 is 2.57 bits per heavy atom. The van der Waals surface area contributed by atoms with Gasteiger partial charge in [0.05, 0.1) is 0 Å².